The molecule has 1 unspecified atom stereocenters. The topological polar surface area (TPSA) is 20.2 Å². The van der Waals surface area contributed by atoms with Crippen LogP contribution in [0.5, 0.6) is 0 Å². The van der Waals surface area contributed by atoms with Gasteiger partial charge in [0.25, 0.3) is 0 Å². The first-order chi connectivity index (χ1) is 11.3. The van der Waals surface area contributed by atoms with E-state index in [4.69, 9.17) is 0 Å². The lowest BCUT2D eigenvalue weighted by Gasteiger charge is -2.13. The molecule has 4 heteroatoms. The Hall–Kier alpha value is -2.33. The summed E-state index contributed by atoms with van der Waals surface area (Å²) in [6.45, 7) is 7.32. The lowest BCUT2D eigenvalue weighted by Crippen LogP contribution is -2.06. The number of rotatable bonds is 3. The van der Waals surface area contributed by atoms with Gasteiger partial charge in [-0.05, 0) is 37.1 Å². The van der Waals surface area contributed by atoms with Crippen LogP contribution in [0.25, 0.3) is 0 Å². The van der Waals surface area contributed by atoms with E-state index in [1.54, 1.807) is 18.2 Å². The summed E-state index contributed by atoms with van der Waals surface area (Å²) in [6.07, 6.45) is 0.307. The van der Waals surface area contributed by atoms with Crippen molar-refractivity contribution in [3.8, 4) is 0 Å². The molecule has 0 aliphatic rings. The minimum atomic E-state index is -4.35. The third kappa shape index (κ3) is 6.05. The predicted molar refractivity (Wildman–Crippen MR) is 91.7 cm³/mol. The van der Waals surface area contributed by atoms with E-state index in [1.807, 2.05) is 38.1 Å². The maximum absolute atomic E-state index is 12.4. The fourth-order valence-electron chi connectivity index (χ4n) is 2.02. The molecule has 0 saturated heterocycles. The van der Waals surface area contributed by atoms with Crippen molar-refractivity contribution in [2.75, 3.05) is 0 Å². The van der Waals surface area contributed by atoms with Crippen LogP contribution in [0, 0.1) is 6.92 Å². The second-order valence-corrected chi connectivity index (χ2v) is 5.20. The first-order valence-corrected chi connectivity index (χ1v) is 7.45. The highest BCUT2D eigenvalue weighted by Crippen LogP contribution is 2.31. The molecule has 0 fully saturated rings. The van der Waals surface area contributed by atoms with Crippen LogP contribution in [0.3, 0.4) is 0 Å². The highest BCUT2D eigenvalue weighted by Gasteiger charge is 2.30. The van der Waals surface area contributed by atoms with Crippen LogP contribution in [-0.2, 0) is 6.18 Å². The van der Waals surface area contributed by atoms with Crippen molar-refractivity contribution in [2.45, 2.75) is 26.1 Å². The van der Waals surface area contributed by atoms with Crippen molar-refractivity contribution in [1.82, 2.24) is 0 Å². The normalized spacial score (nSPS) is 12.4. The van der Waals surface area contributed by atoms with Gasteiger partial charge in [0, 0.05) is 0 Å². The molecule has 0 bridgehead atoms. The summed E-state index contributed by atoms with van der Waals surface area (Å²) in [4.78, 5) is 0. The van der Waals surface area contributed by atoms with Crippen molar-refractivity contribution < 1.29 is 18.3 Å². The summed E-state index contributed by atoms with van der Waals surface area (Å²) < 4.78 is 37.3. The highest BCUT2D eigenvalue weighted by molar-refractivity contribution is 5.34. The number of aryl methyl sites for hydroxylation is 1. The Morgan fingerprint density at radius 1 is 1.04 bits per heavy atom. The van der Waals surface area contributed by atoms with E-state index in [2.05, 4.69) is 6.58 Å². The fraction of sp³-hybridized carbons (Fsp3) is 0.200. The van der Waals surface area contributed by atoms with E-state index in [0.29, 0.717) is 11.1 Å². The molecule has 0 amide bonds. The average molecular weight is 334 g/mol. The van der Waals surface area contributed by atoms with E-state index in [0.717, 1.165) is 17.7 Å². The third-order valence-electron chi connectivity index (χ3n) is 3.24. The molecule has 2 aromatic rings. The third-order valence-corrected chi connectivity index (χ3v) is 3.24. The van der Waals surface area contributed by atoms with Crippen LogP contribution in [0.4, 0.5) is 13.2 Å². The molecule has 1 atom stereocenters. The maximum Gasteiger partial charge on any atom is 0.416 e. The van der Waals surface area contributed by atoms with Crippen molar-refractivity contribution in [3.63, 3.8) is 0 Å². The molecule has 1 nitrogen and oxygen atoms in total. The van der Waals surface area contributed by atoms with Gasteiger partial charge in [0.2, 0.25) is 0 Å². The Labute approximate surface area is 140 Å². The molecule has 0 aliphatic heterocycles. The summed E-state index contributed by atoms with van der Waals surface area (Å²) >= 11 is 0. The van der Waals surface area contributed by atoms with Gasteiger partial charge in [0.1, 0.15) is 6.10 Å². The molecule has 2 rings (SSSR count). The zero-order chi connectivity index (χ0) is 18.2. The summed E-state index contributed by atoms with van der Waals surface area (Å²) in [6, 6.07) is 11.8. The molecular formula is C20H21F3O. The van der Waals surface area contributed by atoms with E-state index in [9.17, 15) is 18.3 Å². The van der Waals surface area contributed by atoms with Crippen molar-refractivity contribution in [2.24, 2.45) is 0 Å². The molecule has 1 N–H and O–H groups in total. The Morgan fingerprint density at radius 2 is 1.67 bits per heavy atom. The molecule has 0 aromatic heterocycles. The number of benzene rings is 2. The lowest BCUT2D eigenvalue weighted by atomic mass is 9.99. The minimum absolute atomic E-state index is 0.443. The van der Waals surface area contributed by atoms with Crippen LogP contribution >= 0.6 is 0 Å². The quantitative estimate of drug-likeness (QED) is 0.699. The number of hydrogen-bond acceptors (Lipinski definition) is 1. The molecule has 0 saturated carbocycles. The van der Waals surface area contributed by atoms with Crippen LogP contribution in [0.1, 0.15) is 35.3 Å². The maximum atomic E-state index is 12.4. The van der Waals surface area contributed by atoms with E-state index in [-0.39, 0.29) is 0 Å². The van der Waals surface area contributed by atoms with Crippen LogP contribution in [0.15, 0.2) is 73.3 Å². The highest BCUT2D eigenvalue weighted by atomic mass is 19.4. The first kappa shape index (κ1) is 19.7. The molecule has 128 valence electrons. The Bertz CT molecular complexity index is 670. The molecular weight excluding hydrogens is 313 g/mol. The average Bonchev–Trinajstić information content (AvgIpc) is 2.55. The van der Waals surface area contributed by atoms with Crippen LogP contribution < -0.4 is 0 Å². The SMILES string of the molecule is C=C/C=C\C.Cc1cccc(C(O)c2ccc(C(F)(F)F)cc2)c1. The zero-order valence-electron chi connectivity index (χ0n) is 13.7. The van der Waals surface area contributed by atoms with E-state index >= 15 is 0 Å². The fourth-order valence-corrected chi connectivity index (χ4v) is 2.02. The summed E-state index contributed by atoms with van der Waals surface area (Å²) in [7, 11) is 0. The number of aliphatic hydroxyl groups is 1. The summed E-state index contributed by atoms with van der Waals surface area (Å²) in [5.74, 6) is 0. The van der Waals surface area contributed by atoms with Gasteiger partial charge in [-0.3, -0.25) is 0 Å². The van der Waals surface area contributed by atoms with Crippen LogP contribution in [-0.4, -0.2) is 5.11 Å². The standard InChI is InChI=1S/C15H13F3O.C5H8/c1-10-3-2-4-12(9-10)14(19)11-5-7-13(8-6-11)15(16,17)18;1-3-5-4-2/h2-9,14,19H,1H3;3-5H,1H2,2H3/b;5-4-. The molecule has 0 heterocycles. The minimum Gasteiger partial charge on any atom is -0.384 e. The second kappa shape index (κ2) is 9.08. The van der Waals surface area contributed by atoms with E-state index < -0.39 is 17.8 Å². The molecule has 24 heavy (non-hydrogen) atoms. The molecule has 0 radical (unpaired) electrons. The summed E-state index contributed by atoms with van der Waals surface area (Å²) in [5, 5.41) is 10.1. The smallest absolute Gasteiger partial charge is 0.384 e. The Kier molecular flexibility index (Phi) is 7.46. The van der Waals surface area contributed by atoms with Gasteiger partial charge in [0.05, 0.1) is 5.56 Å². The number of aliphatic hydroxyl groups excluding tert-OH is 1. The van der Waals surface area contributed by atoms with Gasteiger partial charge in [-0.1, -0.05) is 66.8 Å². The molecule has 0 aliphatic carbocycles. The molecule has 2 aromatic carbocycles. The molecule has 0 spiro atoms. The summed E-state index contributed by atoms with van der Waals surface area (Å²) in [5.41, 5.74) is 1.38. The number of alkyl halides is 3. The van der Waals surface area contributed by atoms with Crippen molar-refractivity contribution in [3.05, 3.63) is 95.6 Å². The first-order valence-electron chi connectivity index (χ1n) is 7.45. The van der Waals surface area contributed by atoms with Gasteiger partial charge < -0.3 is 5.11 Å². The van der Waals surface area contributed by atoms with Gasteiger partial charge in [-0.25, -0.2) is 0 Å². The van der Waals surface area contributed by atoms with Crippen molar-refractivity contribution in [1.29, 1.82) is 0 Å². The van der Waals surface area contributed by atoms with Crippen molar-refractivity contribution >= 4 is 0 Å². The number of allylic oxidation sites excluding steroid dienone is 3. The number of hydrogen-bond donors (Lipinski definition) is 1. The van der Waals surface area contributed by atoms with Gasteiger partial charge in [-0.2, -0.15) is 13.2 Å². The number of halogens is 3. The van der Waals surface area contributed by atoms with Gasteiger partial charge in [-0.15, -0.1) is 0 Å². The predicted octanol–water partition coefficient (Wildman–Crippen LogP) is 5.84. The van der Waals surface area contributed by atoms with Gasteiger partial charge in [0.15, 0.2) is 0 Å². The largest absolute Gasteiger partial charge is 0.416 e. The lowest BCUT2D eigenvalue weighted by molar-refractivity contribution is -0.137. The van der Waals surface area contributed by atoms with Gasteiger partial charge >= 0.3 is 6.18 Å². The Balaban J connectivity index is 0.000000505. The second-order valence-electron chi connectivity index (χ2n) is 5.20. The zero-order valence-corrected chi connectivity index (χ0v) is 13.7. The monoisotopic (exact) mass is 334 g/mol. The van der Waals surface area contributed by atoms with Crippen LogP contribution in [0.2, 0.25) is 0 Å². The van der Waals surface area contributed by atoms with E-state index in [1.165, 1.54) is 12.1 Å². The Morgan fingerprint density at radius 3 is 2.08 bits per heavy atom.